The van der Waals surface area contributed by atoms with Crippen molar-refractivity contribution in [2.24, 2.45) is 0 Å². The summed E-state index contributed by atoms with van der Waals surface area (Å²) < 4.78 is 0. The van der Waals surface area contributed by atoms with E-state index in [4.69, 9.17) is 5.73 Å². The molecule has 1 aromatic carbocycles. The second-order valence-electron chi connectivity index (χ2n) is 5.35. The van der Waals surface area contributed by atoms with E-state index in [2.05, 4.69) is 25.6 Å². The fourth-order valence-electron chi connectivity index (χ4n) is 2.24. The van der Waals surface area contributed by atoms with Crippen LogP contribution >= 0.6 is 0 Å². The minimum Gasteiger partial charge on any atom is -0.398 e. The number of anilines is 2. The minimum atomic E-state index is -0.325. The van der Waals surface area contributed by atoms with Gasteiger partial charge in [0.1, 0.15) is 5.52 Å². The number of aryl methyl sites for hydroxylation is 1. The highest BCUT2D eigenvalue weighted by Crippen LogP contribution is 2.23. The van der Waals surface area contributed by atoms with E-state index in [1.54, 1.807) is 0 Å². The Bertz CT molecular complexity index is 909. The van der Waals surface area contributed by atoms with Gasteiger partial charge < -0.3 is 11.1 Å². The van der Waals surface area contributed by atoms with Gasteiger partial charge in [0.05, 0.1) is 11.9 Å². The lowest BCUT2D eigenvalue weighted by Gasteiger charge is -2.07. The number of fused-ring (bicyclic) bond motifs is 1. The highest BCUT2D eigenvalue weighted by molar-refractivity contribution is 5.89. The molecule has 0 bridgehead atoms. The molecule has 0 fully saturated rings. The van der Waals surface area contributed by atoms with Crippen LogP contribution in [-0.4, -0.2) is 27.5 Å². The van der Waals surface area contributed by atoms with Crippen LogP contribution in [0.25, 0.3) is 22.4 Å². The van der Waals surface area contributed by atoms with E-state index < -0.39 is 0 Å². The van der Waals surface area contributed by atoms with Gasteiger partial charge in [0, 0.05) is 17.8 Å². The molecule has 2 heterocycles. The summed E-state index contributed by atoms with van der Waals surface area (Å²) in [6, 6.07) is 9.19. The number of nitrogens with zero attached hydrogens (tertiary/aromatic N) is 3. The number of benzene rings is 1. The third-order valence-corrected chi connectivity index (χ3v) is 3.56. The molecule has 0 saturated carbocycles. The number of pyridine rings is 1. The van der Waals surface area contributed by atoms with Crippen LogP contribution in [0.5, 0.6) is 0 Å². The summed E-state index contributed by atoms with van der Waals surface area (Å²) in [5.41, 5.74) is 10.5. The number of rotatable bonds is 3. The van der Waals surface area contributed by atoms with Gasteiger partial charge in [-0.2, -0.15) is 0 Å². The number of carbonyl (C=O) groups excluding carboxylic acids is 1. The number of hydrogen-bond acceptors (Lipinski definition) is 5. The zero-order valence-corrected chi connectivity index (χ0v) is 13.5. The van der Waals surface area contributed by atoms with Crippen molar-refractivity contribution in [3.05, 3.63) is 42.1 Å². The number of nitrogens with two attached hydrogens (primary N) is 1. The number of urea groups is 1. The molecule has 0 spiro atoms. The van der Waals surface area contributed by atoms with Gasteiger partial charge in [0.2, 0.25) is 0 Å². The summed E-state index contributed by atoms with van der Waals surface area (Å²) in [5, 5.41) is 5.27. The van der Waals surface area contributed by atoms with E-state index in [9.17, 15) is 4.79 Å². The standard InChI is InChI=1S/C17H18N6O/c1-3-19-17(24)23-15-9-20-14-7-6-13(21-16(14)22-15)11-5-4-10(2)12(18)8-11/h4-9H,3,18H2,1-2H3,(H2,19,21,22,23,24). The lowest BCUT2D eigenvalue weighted by Crippen LogP contribution is -2.28. The largest absolute Gasteiger partial charge is 0.398 e. The molecule has 0 atom stereocenters. The van der Waals surface area contributed by atoms with Crippen LogP contribution in [0.1, 0.15) is 12.5 Å². The molecule has 0 aliphatic carbocycles. The van der Waals surface area contributed by atoms with Crippen molar-refractivity contribution in [2.45, 2.75) is 13.8 Å². The summed E-state index contributed by atoms with van der Waals surface area (Å²) in [7, 11) is 0. The molecule has 3 aromatic rings. The van der Waals surface area contributed by atoms with Crippen LogP contribution in [0.4, 0.5) is 16.3 Å². The average Bonchev–Trinajstić information content (AvgIpc) is 2.57. The molecule has 0 saturated heterocycles. The zero-order valence-electron chi connectivity index (χ0n) is 13.5. The fourth-order valence-corrected chi connectivity index (χ4v) is 2.24. The van der Waals surface area contributed by atoms with Crippen molar-refractivity contribution in [2.75, 3.05) is 17.6 Å². The Labute approximate surface area is 139 Å². The predicted molar refractivity (Wildman–Crippen MR) is 94.6 cm³/mol. The van der Waals surface area contributed by atoms with Gasteiger partial charge in [0.15, 0.2) is 11.5 Å². The van der Waals surface area contributed by atoms with Crippen LogP contribution in [0.15, 0.2) is 36.5 Å². The minimum absolute atomic E-state index is 0.325. The summed E-state index contributed by atoms with van der Waals surface area (Å²) in [5.74, 6) is 0.349. The quantitative estimate of drug-likeness (QED) is 0.643. The molecular weight excluding hydrogens is 304 g/mol. The molecule has 0 aliphatic heterocycles. The molecule has 24 heavy (non-hydrogen) atoms. The zero-order chi connectivity index (χ0) is 17.1. The van der Waals surface area contributed by atoms with Crippen molar-refractivity contribution in [1.82, 2.24) is 20.3 Å². The number of nitrogens with one attached hydrogen (secondary N) is 2. The Morgan fingerprint density at radius 2 is 2.04 bits per heavy atom. The molecule has 3 rings (SSSR count). The van der Waals surface area contributed by atoms with Crippen LogP contribution in [0.3, 0.4) is 0 Å². The van der Waals surface area contributed by atoms with Gasteiger partial charge in [0.25, 0.3) is 0 Å². The predicted octanol–water partition coefficient (Wildman–Crippen LogP) is 2.72. The van der Waals surface area contributed by atoms with Gasteiger partial charge in [-0.05, 0) is 37.6 Å². The number of carbonyl (C=O) groups is 1. The van der Waals surface area contributed by atoms with E-state index in [-0.39, 0.29) is 6.03 Å². The lowest BCUT2D eigenvalue weighted by molar-refractivity contribution is 0.252. The van der Waals surface area contributed by atoms with Crippen molar-refractivity contribution in [1.29, 1.82) is 0 Å². The maximum absolute atomic E-state index is 11.6. The third-order valence-electron chi connectivity index (χ3n) is 3.56. The van der Waals surface area contributed by atoms with Gasteiger partial charge >= 0.3 is 6.03 Å². The number of nitrogen functional groups attached to an aromatic ring is 1. The monoisotopic (exact) mass is 322 g/mol. The maximum Gasteiger partial charge on any atom is 0.320 e. The first kappa shape index (κ1) is 15.7. The molecule has 0 aliphatic rings. The first-order valence-electron chi connectivity index (χ1n) is 7.62. The molecule has 0 unspecified atom stereocenters. The Kier molecular flexibility index (Phi) is 4.24. The smallest absolute Gasteiger partial charge is 0.320 e. The van der Waals surface area contributed by atoms with Crippen molar-refractivity contribution >= 4 is 28.7 Å². The second kappa shape index (κ2) is 6.49. The third kappa shape index (κ3) is 3.24. The van der Waals surface area contributed by atoms with Crippen LogP contribution < -0.4 is 16.4 Å². The molecule has 7 heteroatoms. The van der Waals surface area contributed by atoms with E-state index in [0.717, 1.165) is 16.8 Å². The highest BCUT2D eigenvalue weighted by atomic mass is 16.2. The molecule has 0 radical (unpaired) electrons. The van der Waals surface area contributed by atoms with Gasteiger partial charge in [-0.1, -0.05) is 12.1 Å². The molecule has 2 aromatic heterocycles. The lowest BCUT2D eigenvalue weighted by atomic mass is 10.1. The summed E-state index contributed by atoms with van der Waals surface area (Å²) >= 11 is 0. The highest BCUT2D eigenvalue weighted by Gasteiger charge is 2.07. The van der Waals surface area contributed by atoms with Crippen LogP contribution in [0.2, 0.25) is 0 Å². The average molecular weight is 322 g/mol. The number of hydrogen-bond donors (Lipinski definition) is 3. The molecule has 4 N–H and O–H groups in total. The van der Waals surface area contributed by atoms with Crippen LogP contribution in [-0.2, 0) is 0 Å². The van der Waals surface area contributed by atoms with Gasteiger partial charge in [-0.25, -0.2) is 19.7 Å². The van der Waals surface area contributed by atoms with Crippen molar-refractivity contribution in [3.63, 3.8) is 0 Å². The van der Waals surface area contributed by atoms with Crippen LogP contribution in [0, 0.1) is 6.92 Å². The topological polar surface area (TPSA) is 106 Å². The first-order chi connectivity index (χ1) is 11.6. The van der Waals surface area contributed by atoms with Crippen molar-refractivity contribution in [3.8, 4) is 11.3 Å². The number of aromatic nitrogens is 3. The van der Waals surface area contributed by atoms with Crippen molar-refractivity contribution < 1.29 is 4.79 Å². The molecule has 122 valence electrons. The van der Waals surface area contributed by atoms with E-state index >= 15 is 0 Å². The fraction of sp³-hybridized carbons (Fsp3) is 0.176. The van der Waals surface area contributed by atoms with E-state index in [1.807, 2.05) is 44.2 Å². The second-order valence-corrected chi connectivity index (χ2v) is 5.35. The molecule has 2 amide bonds. The summed E-state index contributed by atoms with van der Waals surface area (Å²) in [4.78, 5) is 24.7. The normalized spacial score (nSPS) is 10.6. The molecular formula is C17H18N6O. The van der Waals surface area contributed by atoms with Gasteiger partial charge in [-0.15, -0.1) is 0 Å². The van der Waals surface area contributed by atoms with E-state index in [0.29, 0.717) is 29.2 Å². The Hall–Kier alpha value is -3.22. The van der Waals surface area contributed by atoms with Gasteiger partial charge in [-0.3, -0.25) is 5.32 Å². The number of amides is 2. The Morgan fingerprint density at radius 3 is 2.79 bits per heavy atom. The van der Waals surface area contributed by atoms with E-state index in [1.165, 1.54) is 6.20 Å². The first-order valence-corrected chi connectivity index (χ1v) is 7.62. The summed E-state index contributed by atoms with van der Waals surface area (Å²) in [6.45, 7) is 4.33. The summed E-state index contributed by atoms with van der Waals surface area (Å²) in [6.07, 6.45) is 1.50. The maximum atomic E-state index is 11.6. The Morgan fingerprint density at radius 1 is 1.21 bits per heavy atom. The SMILES string of the molecule is CCNC(=O)Nc1cnc2ccc(-c3ccc(C)c(N)c3)nc2n1. The molecule has 7 nitrogen and oxygen atoms in total. The Balaban J connectivity index is 1.96.